The van der Waals surface area contributed by atoms with Gasteiger partial charge in [0.25, 0.3) is 5.91 Å². The number of ether oxygens (including phenoxy) is 1. The third kappa shape index (κ3) is 1.68. The Hall–Kier alpha value is -1.13. The van der Waals surface area contributed by atoms with Gasteiger partial charge in [0.2, 0.25) is 0 Å². The number of hydrogen-bond donors (Lipinski definition) is 0. The topological polar surface area (TPSA) is 45.7 Å². The van der Waals surface area contributed by atoms with Crippen LogP contribution in [-0.4, -0.2) is 41.1 Å². The number of likely N-dealkylation sites (tertiary alicyclic amines) is 1. The number of nitrogens with zero attached hydrogens (tertiary/aromatic N) is 2. The molecule has 3 heterocycles. The molecule has 4 nitrogen and oxygen atoms in total. The monoisotopic (exact) mass is 238 g/mol. The number of halogens is 1. The van der Waals surface area contributed by atoms with Gasteiger partial charge in [0.1, 0.15) is 11.3 Å². The SMILES string of the molecule is O=C(c1cccnc1Cl)N1CC[C@H]2O[C@@H]2C1. The van der Waals surface area contributed by atoms with Crippen molar-refractivity contribution in [2.45, 2.75) is 18.6 Å². The Balaban J connectivity index is 1.79. The molecule has 84 valence electrons. The van der Waals surface area contributed by atoms with E-state index < -0.39 is 0 Å². The molecule has 2 aliphatic heterocycles. The second kappa shape index (κ2) is 3.71. The summed E-state index contributed by atoms with van der Waals surface area (Å²) < 4.78 is 5.38. The predicted octanol–water partition coefficient (Wildman–Crippen LogP) is 1.35. The molecule has 0 spiro atoms. The molecule has 1 aromatic heterocycles. The Morgan fingerprint density at radius 3 is 3.19 bits per heavy atom. The summed E-state index contributed by atoms with van der Waals surface area (Å²) >= 11 is 5.90. The zero-order chi connectivity index (χ0) is 11.1. The molecular weight excluding hydrogens is 228 g/mol. The number of amides is 1. The van der Waals surface area contributed by atoms with Gasteiger partial charge in [0.05, 0.1) is 11.7 Å². The van der Waals surface area contributed by atoms with Gasteiger partial charge in [-0.15, -0.1) is 0 Å². The van der Waals surface area contributed by atoms with E-state index in [4.69, 9.17) is 16.3 Å². The summed E-state index contributed by atoms with van der Waals surface area (Å²) in [4.78, 5) is 17.8. The van der Waals surface area contributed by atoms with Crippen LogP contribution in [0.25, 0.3) is 0 Å². The van der Waals surface area contributed by atoms with E-state index in [2.05, 4.69) is 4.98 Å². The van der Waals surface area contributed by atoms with Gasteiger partial charge in [-0.25, -0.2) is 4.98 Å². The Kier molecular flexibility index (Phi) is 2.33. The van der Waals surface area contributed by atoms with Gasteiger partial charge >= 0.3 is 0 Å². The summed E-state index contributed by atoms with van der Waals surface area (Å²) in [7, 11) is 0. The molecule has 1 amide bonds. The zero-order valence-electron chi connectivity index (χ0n) is 8.60. The number of piperidine rings is 1. The first kappa shape index (κ1) is 10.1. The van der Waals surface area contributed by atoms with Crippen molar-refractivity contribution in [2.75, 3.05) is 13.1 Å². The van der Waals surface area contributed by atoms with Crippen LogP contribution in [-0.2, 0) is 4.74 Å². The van der Waals surface area contributed by atoms with E-state index >= 15 is 0 Å². The Morgan fingerprint density at radius 2 is 2.44 bits per heavy atom. The van der Waals surface area contributed by atoms with Crippen LogP contribution in [0.5, 0.6) is 0 Å². The van der Waals surface area contributed by atoms with Crippen LogP contribution in [0.15, 0.2) is 18.3 Å². The van der Waals surface area contributed by atoms with Crippen LogP contribution < -0.4 is 0 Å². The molecule has 0 saturated carbocycles. The molecule has 16 heavy (non-hydrogen) atoms. The van der Waals surface area contributed by atoms with Crippen molar-refractivity contribution >= 4 is 17.5 Å². The quantitative estimate of drug-likeness (QED) is 0.548. The minimum atomic E-state index is -0.0490. The summed E-state index contributed by atoms with van der Waals surface area (Å²) in [6, 6.07) is 3.43. The second-order valence-electron chi connectivity index (χ2n) is 4.09. The third-order valence-corrected chi connectivity index (χ3v) is 3.35. The second-order valence-corrected chi connectivity index (χ2v) is 4.45. The van der Waals surface area contributed by atoms with Crippen LogP contribution in [0.3, 0.4) is 0 Å². The lowest BCUT2D eigenvalue weighted by molar-refractivity contribution is 0.0736. The number of epoxide rings is 1. The molecule has 0 radical (unpaired) electrons. The van der Waals surface area contributed by atoms with Gasteiger partial charge < -0.3 is 9.64 Å². The first-order valence-electron chi connectivity index (χ1n) is 5.31. The minimum Gasteiger partial charge on any atom is -0.368 e. The van der Waals surface area contributed by atoms with E-state index in [0.29, 0.717) is 18.2 Å². The average Bonchev–Trinajstić information content (AvgIpc) is 3.06. The molecule has 0 aliphatic carbocycles. The molecule has 0 aromatic carbocycles. The number of rotatable bonds is 1. The molecule has 0 unspecified atom stereocenters. The highest BCUT2D eigenvalue weighted by molar-refractivity contribution is 6.32. The van der Waals surface area contributed by atoms with Crippen LogP contribution in [0.4, 0.5) is 0 Å². The molecule has 2 saturated heterocycles. The van der Waals surface area contributed by atoms with E-state index in [9.17, 15) is 4.79 Å². The zero-order valence-corrected chi connectivity index (χ0v) is 9.35. The number of hydrogen-bond acceptors (Lipinski definition) is 3. The number of carbonyl (C=O) groups excluding carboxylic acids is 1. The summed E-state index contributed by atoms with van der Waals surface area (Å²) in [6.45, 7) is 1.42. The van der Waals surface area contributed by atoms with Crippen molar-refractivity contribution in [3.05, 3.63) is 29.0 Å². The molecule has 2 aliphatic rings. The largest absolute Gasteiger partial charge is 0.368 e. The van der Waals surface area contributed by atoms with E-state index in [0.717, 1.165) is 13.0 Å². The molecule has 3 rings (SSSR count). The summed E-state index contributed by atoms with van der Waals surface area (Å²) in [5, 5.41) is 0.270. The first-order valence-corrected chi connectivity index (χ1v) is 5.69. The highest BCUT2D eigenvalue weighted by atomic mass is 35.5. The molecule has 1 aromatic rings. The average molecular weight is 239 g/mol. The molecule has 2 atom stereocenters. The van der Waals surface area contributed by atoms with Gasteiger partial charge in [0, 0.05) is 19.3 Å². The molecule has 2 fully saturated rings. The van der Waals surface area contributed by atoms with Gasteiger partial charge in [-0.3, -0.25) is 4.79 Å². The fourth-order valence-corrected chi connectivity index (χ4v) is 2.29. The predicted molar refractivity (Wildman–Crippen MR) is 58.4 cm³/mol. The first-order chi connectivity index (χ1) is 7.75. The fourth-order valence-electron chi connectivity index (χ4n) is 2.09. The smallest absolute Gasteiger partial charge is 0.257 e. The van der Waals surface area contributed by atoms with Crippen LogP contribution >= 0.6 is 11.6 Å². The summed E-state index contributed by atoms with van der Waals surface area (Å²) in [5.74, 6) is -0.0490. The highest BCUT2D eigenvalue weighted by Crippen LogP contribution is 2.31. The number of fused-ring (bicyclic) bond motifs is 1. The molecule has 0 N–H and O–H groups in total. The summed E-state index contributed by atoms with van der Waals surface area (Å²) in [6.07, 6.45) is 3.13. The van der Waals surface area contributed by atoms with E-state index in [-0.39, 0.29) is 17.2 Å². The lowest BCUT2D eigenvalue weighted by atomic mass is 10.1. The Bertz CT molecular complexity index is 438. The summed E-state index contributed by atoms with van der Waals surface area (Å²) in [5.41, 5.74) is 0.475. The van der Waals surface area contributed by atoms with Crippen molar-refractivity contribution in [3.63, 3.8) is 0 Å². The maximum atomic E-state index is 12.1. The van der Waals surface area contributed by atoms with Crippen molar-refractivity contribution in [3.8, 4) is 0 Å². The number of pyridine rings is 1. The standard InChI is InChI=1S/C11H11ClN2O2/c12-10-7(2-1-4-13-10)11(15)14-5-3-8-9(6-14)16-8/h1-2,4,8-9H,3,5-6H2/t8-,9-/m1/s1. The maximum absolute atomic E-state index is 12.1. The van der Waals surface area contributed by atoms with Crippen LogP contribution in [0.2, 0.25) is 5.15 Å². The van der Waals surface area contributed by atoms with Crippen molar-refractivity contribution in [2.24, 2.45) is 0 Å². The van der Waals surface area contributed by atoms with Gasteiger partial charge in [-0.1, -0.05) is 11.6 Å². The number of aromatic nitrogens is 1. The van der Waals surface area contributed by atoms with Crippen molar-refractivity contribution < 1.29 is 9.53 Å². The maximum Gasteiger partial charge on any atom is 0.257 e. The molecule has 0 bridgehead atoms. The van der Waals surface area contributed by atoms with E-state index in [1.165, 1.54) is 0 Å². The van der Waals surface area contributed by atoms with Gasteiger partial charge in [0.15, 0.2) is 0 Å². The van der Waals surface area contributed by atoms with Crippen LogP contribution in [0.1, 0.15) is 16.8 Å². The minimum absolute atomic E-state index is 0.0490. The van der Waals surface area contributed by atoms with E-state index in [1.54, 1.807) is 23.2 Å². The number of carbonyl (C=O) groups is 1. The van der Waals surface area contributed by atoms with Crippen LogP contribution in [0, 0.1) is 0 Å². The van der Waals surface area contributed by atoms with Crippen molar-refractivity contribution in [1.29, 1.82) is 0 Å². The normalized spacial score (nSPS) is 27.4. The Labute approximate surface area is 98.2 Å². The van der Waals surface area contributed by atoms with Crippen molar-refractivity contribution in [1.82, 2.24) is 9.88 Å². The fraction of sp³-hybridized carbons (Fsp3) is 0.455. The molecular formula is C11H11ClN2O2. The van der Waals surface area contributed by atoms with Gasteiger partial charge in [-0.2, -0.15) is 0 Å². The van der Waals surface area contributed by atoms with Gasteiger partial charge in [-0.05, 0) is 18.6 Å². The lowest BCUT2D eigenvalue weighted by Crippen LogP contribution is -2.39. The highest BCUT2D eigenvalue weighted by Gasteiger charge is 2.44. The molecule has 5 heteroatoms. The third-order valence-electron chi connectivity index (χ3n) is 3.05. The van der Waals surface area contributed by atoms with E-state index in [1.807, 2.05) is 0 Å². The Morgan fingerprint density at radius 1 is 1.56 bits per heavy atom. The lowest BCUT2D eigenvalue weighted by Gasteiger charge is -2.24.